The number of esters is 1. The van der Waals surface area contributed by atoms with E-state index in [1.54, 1.807) is 19.1 Å². The molecule has 0 saturated carbocycles. The third-order valence-corrected chi connectivity index (χ3v) is 3.89. The molecule has 0 radical (unpaired) electrons. The van der Waals surface area contributed by atoms with Crippen molar-refractivity contribution in [1.29, 1.82) is 0 Å². The van der Waals surface area contributed by atoms with E-state index in [1.807, 2.05) is 6.92 Å². The van der Waals surface area contributed by atoms with Crippen LogP contribution in [0, 0.1) is 11.7 Å². The van der Waals surface area contributed by atoms with Gasteiger partial charge in [-0.1, -0.05) is 24.2 Å². The molecule has 24 heavy (non-hydrogen) atoms. The van der Waals surface area contributed by atoms with E-state index in [1.165, 1.54) is 24.1 Å². The number of ether oxygens (including phenoxy) is 1. The third-order valence-electron chi connectivity index (χ3n) is 3.89. The lowest BCUT2D eigenvalue weighted by atomic mass is 10.0. The van der Waals surface area contributed by atoms with Gasteiger partial charge in [0.1, 0.15) is 5.82 Å². The van der Waals surface area contributed by atoms with Crippen molar-refractivity contribution in [1.82, 2.24) is 4.90 Å². The maximum absolute atomic E-state index is 13.3. The molecule has 1 aromatic carbocycles. The summed E-state index contributed by atoms with van der Waals surface area (Å²) in [7, 11) is 1.32. The van der Waals surface area contributed by atoms with E-state index in [-0.39, 0.29) is 30.7 Å². The molecule has 0 saturated heterocycles. The monoisotopic (exact) mass is 336 g/mol. The van der Waals surface area contributed by atoms with E-state index in [2.05, 4.69) is 9.89 Å². The number of hydrogen-bond donors (Lipinski definition) is 0. The standard InChI is InChI=1S/C17H21FN2O4/c1-4-20(10-11(2)17(22)23-3)16(21)15-9-14(19-24-15)12-6-5-7-13(18)8-12/h5-8,11,15H,4,9-10H2,1-3H3. The first-order valence-electron chi connectivity index (χ1n) is 7.81. The van der Waals surface area contributed by atoms with Gasteiger partial charge in [-0.05, 0) is 19.1 Å². The number of likely N-dealkylation sites (N-methyl/N-ethyl adjacent to an activating group) is 1. The lowest BCUT2D eigenvalue weighted by Crippen LogP contribution is -2.42. The van der Waals surface area contributed by atoms with E-state index in [0.29, 0.717) is 17.8 Å². The minimum atomic E-state index is -0.756. The Balaban J connectivity index is 1.99. The van der Waals surface area contributed by atoms with Crippen LogP contribution in [0.3, 0.4) is 0 Å². The van der Waals surface area contributed by atoms with Crippen LogP contribution in [0.25, 0.3) is 0 Å². The predicted molar refractivity (Wildman–Crippen MR) is 85.9 cm³/mol. The predicted octanol–water partition coefficient (Wildman–Crippen LogP) is 1.98. The zero-order valence-electron chi connectivity index (χ0n) is 14.0. The fourth-order valence-corrected chi connectivity index (χ4v) is 2.53. The smallest absolute Gasteiger partial charge is 0.310 e. The van der Waals surface area contributed by atoms with E-state index in [0.717, 1.165) is 0 Å². The second kappa shape index (κ2) is 7.90. The summed E-state index contributed by atoms with van der Waals surface area (Å²) in [5, 5.41) is 3.91. The molecule has 7 heteroatoms. The van der Waals surface area contributed by atoms with Crippen molar-refractivity contribution in [3.63, 3.8) is 0 Å². The fraction of sp³-hybridized carbons (Fsp3) is 0.471. The highest BCUT2D eigenvalue weighted by molar-refractivity contribution is 6.04. The summed E-state index contributed by atoms with van der Waals surface area (Å²) in [6.07, 6.45) is -0.487. The number of benzene rings is 1. The van der Waals surface area contributed by atoms with Crippen molar-refractivity contribution in [2.24, 2.45) is 11.1 Å². The quantitative estimate of drug-likeness (QED) is 0.745. The van der Waals surface area contributed by atoms with Crippen molar-refractivity contribution in [2.75, 3.05) is 20.2 Å². The Morgan fingerprint density at radius 2 is 2.25 bits per heavy atom. The minimum Gasteiger partial charge on any atom is -0.469 e. The van der Waals surface area contributed by atoms with E-state index < -0.39 is 12.0 Å². The second-order valence-electron chi connectivity index (χ2n) is 5.65. The minimum absolute atomic E-state index is 0.247. The Morgan fingerprint density at radius 1 is 1.50 bits per heavy atom. The van der Waals surface area contributed by atoms with Crippen molar-refractivity contribution in [2.45, 2.75) is 26.4 Å². The highest BCUT2D eigenvalue weighted by atomic mass is 19.1. The second-order valence-corrected chi connectivity index (χ2v) is 5.65. The average Bonchev–Trinajstić information content (AvgIpc) is 3.08. The normalized spacial score (nSPS) is 17.7. The number of nitrogens with zero attached hydrogens (tertiary/aromatic N) is 2. The number of methoxy groups -OCH3 is 1. The van der Waals surface area contributed by atoms with Gasteiger partial charge in [0.2, 0.25) is 6.10 Å². The number of carbonyl (C=O) groups excluding carboxylic acids is 2. The molecule has 0 N–H and O–H groups in total. The number of oxime groups is 1. The molecule has 2 rings (SSSR count). The van der Waals surface area contributed by atoms with Crippen molar-refractivity contribution in [3.05, 3.63) is 35.6 Å². The first-order chi connectivity index (χ1) is 11.5. The molecular formula is C17H21FN2O4. The van der Waals surface area contributed by atoms with Crippen molar-refractivity contribution >= 4 is 17.6 Å². The Bertz CT molecular complexity index is 647. The van der Waals surface area contributed by atoms with E-state index >= 15 is 0 Å². The van der Waals surface area contributed by atoms with Crippen LogP contribution < -0.4 is 0 Å². The van der Waals surface area contributed by atoms with Crippen LogP contribution >= 0.6 is 0 Å². The molecule has 1 amide bonds. The van der Waals surface area contributed by atoms with Crippen LogP contribution in [0.15, 0.2) is 29.4 Å². The maximum Gasteiger partial charge on any atom is 0.310 e. The molecule has 6 nitrogen and oxygen atoms in total. The van der Waals surface area contributed by atoms with Crippen LogP contribution in [0.5, 0.6) is 0 Å². The fourth-order valence-electron chi connectivity index (χ4n) is 2.53. The summed E-state index contributed by atoms with van der Waals surface area (Å²) < 4.78 is 18.0. The molecule has 1 aromatic rings. The highest BCUT2D eigenvalue weighted by Crippen LogP contribution is 2.19. The van der Waals surface area contributed by atoms with Crippen LogP contribution in [-0.2, 0) is 19.2 Å². The third kappa shape index (κ3) is 4.10. The highest BCUT2D eigenvalue weighted by Gasteiger charge is 2.33. The first kappa shape index (κ1) is 17.9. The van der Waals surface area contributed by atoms with Gasteiger partial charge in [0.05, 0.1) is 18.7 Å². The van der Waals surface area contributed by atoms with Gasteiger partial charge >= 0.3 is 5.97 Å². The average molecular weight is 336 g/mol. The molecule has 0 aliphatic carbocycles. The summed E-state index contributed by atoms with van der Waals surface area (Å²) in [6, 6.07) is 6.00. The van der Waals surface area contributed by atoms with Gasteiger partial charge in [0.15, 0.2) is 0 Å². The van der Waals surface area contributed by atoms with Crippen LogP contribution in [0.4, 0.5) is 4.39 Å². The zero-order valence-corrected chi connectivity index (χ0v) is 14.0. The van der Waals surface area contributed by atoms with Crippen molar-refractivity contribution in [3.8, 4) is 0 Å². The van der Waals surface area contributed by atoms with Gasteiger partial charge in [-0.2, -0.15) is 0 Å². The molecule has 0 aromatic heterocycles. The molecule has 1 aliphatic rings. The molecule has 2 unspecified atom stereocenters. The Hall–Kier alpha value is -2.44. The molecule has 2 atom stereocenters. The topological polar surface area (TPSA) is 68.2 Å². The maximum atomic E-state index is 13.3. The Labute approximate surface area is 140 Å². The molecule has 130 valence electrons. The van der Waals surface area contributed by atoms with Gasteiger partial charge in [-0.25, -0.2) is 4.39 Å². The van der Waals surface area contributed by atoms with E-state index in [9.17, 15) is 14.0 Å². The van der Waals surface area contributed by atoms with Gasteiger partial charge in [0.25, 0.3) is 5.91 Å². The summed E-state index contributed by atoms with van der Waals surface area (Å²) >= 11 is 0. The van der Waals surface area contributed by atoms with Crippen LogP contribution in [-0.4, -0.2) is 48.8 Å². The number of amides is 1. The number of hydrogen-bond acceptors (Lipinski definition) is 5. The molecule has 0 spiro atoms. The lowest BCUT2D eigenvalue weighted by molar-refractivity contribution is -0.148. The zero-order chi connectivity index (χ0) is 17.7. The molecule has 0 bridgehead atoms. The summed E-state index contributed by atoms with van der Waals surface area (Å²) in [6.45, 7) is 4.21. The number of carbonyl (C=O) groups is 2. The number of rotatable bonds is 6. The summed E-state index contributed by atoms with van der Waals surface area (Å²) in [4.78, 5) is 30.9. The van der Waals surface area contributed by atoms with Crippen molar-refractivity contribution < 1.29 is 23.6 Å². The number of halogens is 1. The summed E-state index contributed by atoms with van der Waals surface area (Å²) in [5.41, 5.74) is 1.13. The Kier molecular flexibility index (Phi) is 5.89. The van der Waals surface area contributed by atoms with Crippen LogP contribution in [0.2, 0.25) is 0 Å². The van der Waals surface area contributed by atoms with Gasteiger partial charge in [-0.15, -0.1) is 0 Å². The van der Waals surface area contributed by atoms with Gasteiger partial charge in [0, 0.05) is 25.1 Å². The van der Waals surface area contributed by atoms with Crippen LogP contribution in [0.1, 0.15) is 25.8 Å². The first-order valence-corrected chi connectivity index (χ1v) is 7.81. The largest absolute Gasteiger partial charge is 0.469 e. The lowest BCUT2D eigenvalue weighted by Gasteiger charge is -2.25. The van der Waals surface area contributed by atoms with E-state index in [4.69, 9.17) is 4.84 Å². The SMILES string of the molecule is CCN(CC(C)C(=O)OC)C(=O)C1CC(c2cccc(F)c2)=NO1. The van der Waals surface area contributed by atoms with Gasteiger partial charge < -0.3 is 14.5 Å². The summed E-state index contributed by atoms with van der Waals surface area (Å²) in [5.74, 6) is -1.41. The Morgan fingerprint density at radius 3 is 2.88 bits per heavy atom. The molecular weight excluding hydrogens is 315 g/mol. The molecule has 1 aliphatic heterocycles. The van der Waals surface area contributed by atoms with Gasteiger partial charge in [-0.3, -0.25) is 9.59 Å². The molecule has 1 heterocycles. The molecule has 0 fully saturated rings.